The van der Waals surface area contributed by atoms with Gasteiger partial charge in [-0.1, -0.05) is 25.6 Å². The van der Waals surface area contributed by atoms with Crippen molar-refractivity contribution in [1.29, 1.82) is 0 Å². The van der Waals surface area contributed by atoms with Gasteiger partial charge in [-0.25, -0.2) is 0 Å². The van der Waals surface area contributed by atoms with Crippen molar-refractivity contribution in [1.82, 2.24) is 24.7 Å². The number of methoxy groups -OCH3 is 2. The van der Waals surface area contributed by atoms with Crippen LogP contribution in [0.5, 0.6) is 5.75 Å². The molecule has 33 heavy (non-hydrogen) atoms. The highest BCUT2D eigenvalue weighted by atomic mass is 32.2. The van der Waals surface area contributed by atoms with Crippen molar-refractivity contribution in [2.24, 2.45) is 5.10 Å². The summed E-state index contributed by atoms with van der Waals surface area (Å²) in [6.07, 6.45) is 2.80. The van der Waals surface area contributed by atoms with Crippen LogP contribution in [-0.2, 0) is 28.9 Å². The van der Waals surface area contributed by atoms with Crippen LogP contribution in [0.15, 0.2) is 34.5 Å². The summed E-state index contributed by atoms with van der Waals surface area (Å²) in [5.41, 5.74) is 4.88. The Morgan fingerprint density at radius 3 is 2.61 bits per heavy atom. The largest absolute Gasteiger partial charge is 0.497 e. The Kier molecular flexibility index (Phi) is 6.83. The van der Waals surface area contributed by atoms with E-state index in [4.69, 9.17) is 19.7 Å². The first-order valence-corrected chi connectivity index (χ1v) is 12.0. The number of benzene rings is 1. The third-order valence-electron chi connectivity index (χ3n) is 5.60. The molecule has 0 saturated carbocycles. The molecule has 1 aliphatic heterocycles. The lowest BCUT2D eigenvalue weighted by Gasteiger charge is -2.20. The first-order chi connectivity index (χ1) is 16.1. The summed E-state index contributed by atoms with van der Waals surface area (Å²) in [4.78, 5) is 11.8. The smallest absolute Gasteiger partial charge is 0.327 e. The average Bonchev–Trinajstić information content (AvgIpc) is 3.56. The number of fused-ring (bicyclic) bond motifs is 2. The molecule has 3 heterocycles. The highest BCUT2D eigenvalue weighted by Gasteiger charge is 2.31. The molecule has 0 fully saturated rings. The Morgan fingerprint density at radius 1 is 1.15 bits per heavy atom. The van der Waals surface area contributed by atoms with Crippen LogP contribution in [0.3, 0.4) is 0 Å². The molecule has 1 unspecified atom stereocenters. The molecule has 0 spiro atoms. The molecule has 174 valence electrons. The van der Waals surface area contributed by atoms with Crippen LogP contribution in [0, 0.1) is 0 Å². The molecule has 1 atom stereocenters. The fraction of sp³-hybridized carbons (Fsp3) is 0.435. The number of esters is 1. The molecule has 1 aromatic carbocycles. The maximum absolute atomic E-state index is 11.8. The predicted molar refractivity (Wildman–Crippen MR) is 127 cm³/mol. The summed E-state index contributed by atoms with van der Waals surface area (Å²) < 4.78 is 13.6. The van der Waals surface area contributed by atoms with E-state index in [0.29, 0.717) is 5.82 Å². The standard InChI is InChI=1S/C21H22N6O3S.C2H6/c1-12-18(13-7-9-14(29-2)10-8-13)25-27-20(22-23-21(27)31-12)19-15-5-4-6-16(15)26(24-19)11-17(28)30-3;1-2/h7-10,12H,4-6,11H2,1-3H3;1-2H3. The predicted octanol–water partition coefficient (Wildman–Crippen LogP) is 3.58. The summed E-state index contributed by atoms with van der Waals surface area (Å²) in [5.74, 6) is 1.08. The van der Waals surface area contributed by atoms with Crippen LogP contribution >= 0.6 is 11.8 Å². The van der Waals surface area contributed by atoms with Crippen molar-refractivity contribution in [3.8, 4) is 17.3 Å². The molecule has 2 aliphatic rings. The van der Waals surface area contributed by atoms with Crippen LogP contribution in [0.1, 0.15) is 44.0 Å². The van der Waals surface area contributed by atoms with Gasteiger partial charge in [0.2, 0.25) is 11.0 Å². The van der Waals surface area contributed by atoms with E-state index in [-0.39, 0.29) is 17.8 Å². The van der Waals surface area contributed by atoms with E-state index in [1.54, 1.807) is 28.2 Å². The van der Waals surface area contributed by atoms with Gasteiger partial charge in [-0.05, 0) is 56.0 Å². The Morgan fingerprint density at radius 2 is 1.91 bits per heavy atom. The first-order valence-electron chi connectivity index (χ1n) is 11.1. The molecule has 0 saturated heterocycles. The lowest BCUT2D eigenvalue weighted by molar-refractivity contribution is -0.141. The van der Waals surface area contributed by atoms with Crippen LogP contribution in [0.2, 0.25) is 0 Å². The third kappa shape index (κ3) is 4.27. The molecule has 10 heteroatoms. The Labute approximate surface area is 197 Å². The van der Waals surface area contributed by atoms with E-state index in [9.17, 15) is 4.79 Å². The molecule has 5 rings (SSSR count). The molecule has 0 N–H and O–H groups in total. The summed E-state index contributed by atoms with van der Waals surface area (Å²) in [7, 11) is 3.04. The molecule has 3 aromatic rings. The van der Waals surface area contributed by atoms with Crippen LogP contribution in [0.4, 0.5) is 0 Å². The van der Waals surface area contributed by atoms with Crippen LogP contribution in [-0.4, -0.2) is 55.8 Å². The zero-order chi connectivity index (χ0) is 23.5. The highest BCUT2D eigenvalue weighted by molar-refractivity contribution is 8.00. The van der Waals surface area contributed by atoms with Gasteiger partial charge in [0.15, 0.2) is 0 Å². The van der Waals surface area contributed by atoms with Gasteiger partial charge < -0.3 is 9.47 Å². The average molecular weight is 469 g/mol. The molecule has 2 aromatic heterocycles. The number of carbonyl (C=O) groups excluding carboxylic acids is 1. The van der Waals surface area contributed by atoms with Crippen molar-refractivity contribution in [2.75, 3.05) is 14.2 Å². The van der Waals surface area contributed by atoms with Gasteiger partial charge in [-0.3, -0.25) is 9.48 Å². The van der Waals surface area contributed by atoms with E-state index in [0.717, 1.165) is 58.4 Å². The first kappa shape index (κ1) is 23.0. The minimum Gasteiger partial charge on any atom is -0.497 e. The number of rotatable bonds is 5. The number of ether oxygens (including phenoxy) is 2. The van der Waals surface area contributed by atoms with Gasteiger partial charge in [0, 0.05) is 11.3 Å². The number of thioether (sulfide) groups is 1. The molecule has 9 nitrogen and oxygen atoms in total. The molecule has 1 aliphatic carbocycles. The fourth-order valence-corrected chi connectivity index (χ4v) is 4.97. The number of carbonyl (C=O) groups is 1. The Bertz CT molecular complexity index is 1180. The van der Waals surface area contributed by atoms with Crippen LogP contribution in [0.25, 0.3) is 11.5 Å². The molecule has 0 amide bonds. The van der Waals surface area contributed by atoms with Crippen molar-refractivity contribution in [3.63, 3.8) is 0 Å². The maximum atomic E-state index is 11.8. The molecule has 0 bridgehead atoms. The topological polar surface area (TPSA) is 96.4 Å². The van der Waals surface area contributed by atoms with E-state index < -0.39 is 0 Å². The van der Waals surface area contributed by atoms with Gasteiger partial charge in [0.25, 0.3) is 0 Å². The second-order valence-corrected chi connectivity index (χ2v) is 8.76. The van der Waals surface area contributed by atoms with E-state index >= 15 is 0 Å². The van der Waals surface area contributed by atoms with Crippen molar-refractivity contribution in [2.45, 2.75) is 57.0 Å². The zero-order valence-electron chi connectivity index (χ0n) is 19.5. The van der Waals surface area contributed by atoms with E-state index in [2.05, 4.69) is 17.1 Å². The maximum Gasteiger partial charge on any atom is 0.327 e. The molecular formula is C23H28N6O3S. The van der Waals surface area contributed by atoms with Gasteiger partial charge in [0.1, 0.15) is 18.0 Å². The van der Waals surface area contributed by atoms with Gasteiger partial charge >= 0.3 is 5.97 Å². The molecule has 0 radical (unpaired) electrons. The lowest BCUT2D eigenvalue weighted by atomic mass is 10.1. The monoisotopic (exact) mass is 468 g/mol. The Balaban J connectivity index is 0.00000126. The van der Waals surface area contributed by atoms with Crippen LogP contribution < -0.4 is 4.74 Å². The van der Waals surface area contributed by atoms with Crippen molar-refractivity contribution < 1.29 is 14.3 Å². The minimum absolute atomic E-state index is 0.0893. The normalized spacial score (nSPS) is 16.3. The third-order valence-corrected chi connectivity index (χ3v) is 6.64. The van der Waals surface area contributed by atoms with E-state index in [1.165, 1.54) is 7.11 Å². The summed E-state index contributed by atoms with van der Waals surface area (Å²) in [6.45, 7) is 6.19. The SMILES string of the molecule is CC.COC(=O)Cn1nc(-c2nnc3n2N=C(c2ccc(OC)cc2)C(C)S3)c2c1CCC2. The number of hydrogen-bond acceptors (Lipinski definition) is 8. The van der Waals surface area contributed by atoms with E-state index in [1.807, 2.05) is 38.1 Å². The zero-order valence-corrected chi connectivity index (χ0v) is 20.3. The van der Waals surface area contributed by atoms with Crippen molar-refractivity contribution in [3.05, 3.63) is 41.1 Å². The second-order valence-electron chi connectivity index (χ2n) is 7.45. The second kappa shape index (κ2) is 9.78. The highest BCUT2D eigenvalue weighted by Crippen LogP contribution is 2.36. The quantitative estimate of drug-likeness (QED) is 0.528. The Hall–Kier alpha value is -3.14. The summed E-state index contributed by atoms with van der Waals surface area (Å²) in [5, 5.41) is 19.2. The lowest BCUT2D eigenvalue weighted by Crippen LogP contribution is -2.21. The number of aromatic nitrogens is 5. The van der Waals surface area contributed by atoms with Gasteiger partial charge in [-0.2, -0.15) is 14.9 Å². The van der Waals surface area contributed by atoms with Crippen molar-refractivity contribution >= 4 is 23.4 Å². The van der Waals surface area contributed by atoms with Gasteiger partial charge in [-0.15, -0.1) is 10.2 Å². The number of hydrogen-bond donors (Lipinski definition) is 0. The summed E-state index contributed by atoms with van der Waals surface area (Å²) in [6, 6.07) is 7.87. The van der Waals surface area contributed by atoms with Gasteiger partial charge in [0.05, 0.1) is 25.2 Å². The summed E-state index contributed by atoms with van der Waals surface area (Å²) >= 11 is 1.61. The number of nitrogens with zero attached hydrogens (tertiary/aromatic N) is 6. The molecular weight excluding hydrogens is 440 g/mol. The fourth-order valence-electron chi connectivity index (χ4n) is 4.04. The minimum atomic E-state index is -0.323.